The van der Waals surface area contributed by atoms with E-state index in [4.69, 9.17) is 0 Å². The second-order valence-corrected chi connectivity index (χ2v) is 4.91. The fourth-order valence-corrected chi connectivity index (χ4v) is 1.67. The van der Waals surface area contributed by atoms with Gasteiger partial charge in [-0.05, 0) is 17.7 Å². The molecule has 0 bridgehead atoms. The molecule has 0 atom stereocenters. The van der Waals surface area contributed by atoms with Gasteiger partial charge in [0, 0.05) is 18.0 Å². The van der Waals surface area contributed by atoms with E-state index in [0.29, 0.717) is 6.42 Å². The second-order valence-electron chi connectivity index (χ2n) is 4.91. The van der Waals surface area contributed by atoms with Crippen LogP contribution in [0.1, 0.15) is 32.2 Å². The minimum absolute atomic E-state index is 0.0361. The molecule has 2 aromatic heterocycles. The second kappa shape index (κ2) is 3.70. The predicted octanol–water partition coefficient (Wildman–Crippen LogP) is 1.77. The quantitative estimate of drug-likeness (QED) is 0.720. The van der Waals surface area contributed by atoms with E-state index in [1.807, 2.05) is 22.7 Å². The maximum absolute atomic E-state index is 10.4. The molecule has 84 valence electrons. The van der Waals surface area contributed by atoms with Crippen LogP contribution >= 0.6 is 0 Å². The summed E-state index contributed by atoms with van der Waals surface area (Å²) < 4.78 is 1.97. The van der Waals surface area contributed by atoms with E-state index >= 15 is 0 Å². The maximum Gasteiger partial charge on any atom is 0.161 e. The van der Waals surface area contributed by atoms with Gasteiger partial charge in [-0.15, -0.1) is 10.2 Å². The van der Waals surface area contributed by atoms with Gasteiger partial charge in [-0.3, -0.25) is 4.40 Å². The standard InChI is InChI=1S/C12H15N3O/c1-12(2,3)11-14-13-10-8-9(5-7-16)4-6-15(10)11/h4,6-8H,5H2,1-3H3. The van der Waals surface area contributed by atoms with Gasteiger partial charge in [-0.25, -0.2) is 0 Å². The Morgan fingerprint density at radius 3 is 2.75 bits per heavy atom. The zero-order chi connectivity index (χ0) is 11.8. The topological polar surface area (TPSA) is 47.3 Å². The first kappa shape index (κ1) is 10.8. The van der Waals surface area contributed by atoms with Crippen molar-refractivity contribution in [3.63, 3.8) is 0 Å². The Labute approximate surface area is 94.3 Å². The third kappa shape index (κ3) is 1.83. The van der Waals surface area contributed by atoms with Crippen LogP contribution in [0.25, 0.3) is 5.65 Å². The van der Waals surface area contributed by atoms with Crippen molar-refractivity contribution in [2.75, 3.05) is 0 Å². The average molecular weight is 217 g/mol. The van der Waals surface area contributed by atoms with Gasteiger partial charge in [0.2, 0.25) is 0 Å². The first-order valence-electron chi connectivity index (χ1n) is 5.30. The molecule has 0 N–H and O–H groups in total. The first-order chi connectivity index (χ1) is 7.52. The van der Waals surface area contributed by atoms with Crippen molar-refractivity contribution in [2.24, 2.45) is 0 Å². The number of fused-ring (bicyclic) bond motifs is 1. The van der Waals surface area contributed by atoms with E-state index in [9.17, 15) is 4.79 Å². The third-order valence-electron chi connectivity index (χ3n) is 2.46. The van der Waals surface area contributed by atoms with E-state index in [2.05, 4.69) is 31.0 Å². The Kier molecular flexibility index (Phi) is 2.50. The summed E-state index contributed by atoms with van der Waals surface area (Å²) in [5, 5.41) is 8.32. The van der Waals surface area contributed by atoms with Crippen LogP contribution in [-0.4, -0.2) is 20.9 Å². The van der Waals surface area contributed by atoms with Gasteiger partial charge in [0.1, 0.15) is 12.1 Å². The molecule has 0 radical (unpaired) electrons. The molecule has 0 aliphatic carbocycles. The molecule has 0 saturated heterocycles. The van der Waals surface area contributed by atoms with Crippen molar-refractivity contribution in [1.29, 1.82) is 0 Å². The number of pyridine rings is 1. The van der Waals surface area contributed by atoms with Gasteiger partial charge < -0.3 is 4.79 Å². The zero-order valence-electron chi connectivity index (χ0n) is 9.77. The molecule has 4 nitrogen and oxygen atoms in total. The molecule has 2 aromatic rings. The summed E-state index contributed by atoms with van der Waals surface area (Å²) in [4.78, 5) is 10.4. The normalized spacial score (nSPS) is 11.9. The van der Waals surface area contributed by atoms with Crippen molar-refractivity contribution in [3.8, 4) is 0 Å². The molecule has 0 spiro atoms. The van der Waals surface area contributed by atoms with Gasteiger partial charge in [0.15, 0.2) is 5.65 Å². The van der Waals surface area contributed by atoms with Crippen molar-refractivity contribution >= 4 is 11.9 Å². The number of hydrogen-bond donors (Lipinski definition) is 0. The zero-order valence-corrected chi connectivity index (χ0v) is 9.77. The SMILES string of the molecule is CC(C)(C)c1nnc2cc(CC=O)ccn12. The first-order valence-corrected chi connectivity index (χ1v) is 5.30. The fourth-order valence-electron chi connectivity index (χ4n) is 1.67. The number of carbonyl (C=O) groups is 1. The Morgan fingerprint density at radius 1 is 1.38 bits per heavy atom. The number of carbonyl (C=O) groups excluding carboxylic acids is 1. The molecule has 0 aliphatic heterocycles. The van der Waals surface area contributed by atoms with Crippen LogP contribution in [0.3, 0.4) is 0 Å². The summed E-state index contributed by atoms with van der Waals surface area (Å²) in [7, 11) is 0. The van der Waals surface area contributed by atoms with Crippen LogP contribution in [-0.2, 0) is 16.6 Å². The largest absolute Gasteiger partial charge is 0.303 e. The van der Waals surface area contributed by atoms with Gasteiger partial charge >= 0.3 is 0 Å². The van der Waals surface area contributed by atoms with E-state index in [1.165, 1.54) is 0 Å². The van der Waals surface area contributed by atoms with E-state index in [0.717, 1.165) is 23.3 Å². The molecule has 0 aliphatic rings. The fraction of sp³-hybridized carbons (Fsp3) is 0.417. The van der Waals surface area contributed by atoms with Crippen LogP contribution < -0.4 is 0 Å². The van der Waals surface area contributed by atoms with Crippen molar-refractivity contribution < 1.29 is 4.79 Å². The Morgan fingerprint density at radius 2 is 2.12 bits per heavy atom. The highest BCUT2D eigenvalue weighted by atomic mass is 16.1. The summed E-state index contributed by atoms with van der Waals surface area (Å²) in [6, 6.07) is 3.83. The Balaban J connectivity index is 2.55. The van der Waals surface area contributed by atoms with Gasteiger partial charge in [0.25, 0.3) is 0 Å². The molecular weight excluding hydrogens is 202 g/mol. The molecule has 2 rings (SSSR count). The lowest BCUT2D eigenvalue weighted by Gasteiger charge is -2.15. The number of hydrogen-bond acceptors (Lipinski definition) is 3. The third-order valence-corrected chi connectivity index (χ3v) is 2.46. The summed E-state index contributed by atoms with van der Waals surface area (Å²) in [6.45, 7) is 6.30. The van der Waals surface area contributed by atoms with Crippen LogP contribution in [0.5, 0.6) is 0 Å². The molecule has 16 heavy (non-hydrogen) atoms. The number of rotatable bonds is 2. The lowest BCUT2D eigenvalue weighted by Crippen LogP contribution is -2.15. The maximum atomic E-state index is 10.4. The van der Waals surface area contributed by atoms with Gasteiger partial charge in [0.05, 0.1) is 0 Å². The van der Waals surface area contributed by atoms with Crippen molar-refractivity contribution in [2.45, 2.75) is 32.6 Å². The van der Waals surface area contributed by atoms with Crippen LogP contribution in [0, 0.1) is 0 Å². The Bertz CT molecular complexity index is 523. The van der Waals surface area contributed by atoms with E-state index in [1.54, 1.807) is 0 Å². The molecule has 0 aromatic carbocycles. The molecule has 0 unspecified atom stereocenters. The van der Waals surface area contributed by atoms with Gasteiger partial charge in [-0.2, -0.15) is 0 Å². The molecular formula is C12H15N3O. The molecule has 0 fully saturated rings. The average Bonchev–Trinajstić information content (AvgIpc) is 2.60. The molecule has 0 saturated carbocycles. The molecule has 2 heterocycles. The highest BCUT2D eigenvalue weighted by Crippen LogP contribution is 2.21. The van der Waals surface area contributed by atoms with Crippen LogP contribution in [0.4, 0.5) is 0 Å². The smallest absolute Gasteiger partial charge is 0.161 e. The Hall–Kier alpha value is -1.71. The predicted molar refractivity (Wildman–Crippen MR) is 61.5 cm³/mol. The van der Waals surface area contributed by atoms with E-state index < -0.39 is 0 Å². The highest BCUT2D eigenvalue weighted by Gasteiger charge is 2.20. The summed E-state index contributed by atoms with van der Waals surface area (Å²) in [5.74, 6) is 0.931. The number of nitrogens with zero attached hydrogens (tertiary/aromatic N) is 3. The van der Waals surface area contributed by atoms with Crippen molar-refractivity contribution in [3.05, 3.63) is 29.7 Å². The summed E-state index contributed by atoms with van der Waals surface area (Å²) in [6.07, 6.45) is 3.25. The number of aldehydes is 1. The summed E-state index contributed by atoms with van der Waals surface area (Å²) >= 11 is 0. The van der Waals surface area contributed by atoms with Crippen LogP contribution in [0.15, 0.2) is 18.3 Å². The van der Waals surface area contributed by atoms with Crippen molar-refractivity contribution in [1.82, 2.24) is 14.6 Å². The molecule has 0 amide bonds. The lowest BCUT2D eigenvalue weighted by atomic mass is 9.96. The lowest BCUT2D eigenvalue weighted by molar-refractivity contribution is -0.107. The summed E-state index contributed by atoms with van der Waals surface area (Å²) in [5.41, 5.74) is 1.73. The van der Waals surface area contributed by atoms with E-state index in [-0.39, 0.29) is 5.41 Å². The highest BCUT2D eigenvalue weighted by molar-refractivity contribution is 5.56. The van der Waals surface area contributed by atoms with Crippen LogP contribution in [0.2, 0.25) is 0 Å². The number of aromatic nitrogens is 3. The minimum Gasteiger partial charge on any atom is -0.303 e. The minimum atomic E-state index is -0.0361. The van der Waals surface area contributed by atoms with Gasteiger partial charge in [-0.1, -0.05) is 20.8 Å². The monoisotopic (exact) mass is 217 g/mol. The molecule has 4 heteroatoms.